The Morgan fingerprint density at radius 1 is 1.42 bits per heavy atom. The van der Waals surface area contributed by atoms with Crippen LogP contribution in [0.5, 0.6) is 0 Å². The number of hydrogen-bond acceptors (Lipinski definition) is 2. The zero-order valence-corrected chi connectivity index (χ0v) is 10.1. The van der Waals surface area contributed by atoms with E-state index in [-0.39, 0.29) is 5.69 Å². The van der Waals surface area contributed by atoms with E-state index in [2.05, 4.69) is 0 Å². The smallest absolute Gasteiger partial charge is 0.390 e. The van der Waals surface area contributed by atoms with Crippen molar-refractivity contribution >= 4 is 11.9 Å². The van der Waals surface area contributed by atoms with Gasteiger partial charge in [0.1, 0.15) is 12.2 Å². The standard InChI is InChI=1S/C11H13F3N2O3/c1-15(6-4-11(12,13)14)10(19)8-3-2-5-16(8)7-9(17)18/h2-3,5H,4,6-7H2,1H3,(H,17,18). The quantitative estimate of drug-likeness (QED) is 0.889. The van der Waals surface area contributed by atoms with E-state index in [0.717, 1.165) is 4.90 Å². The predicted molar refractivity (Wildman–Crippen MR) is 59.7 cm³/mol. The number of hydrogen-bond donors (Lipinski definition) is 1. The van der Waals surface area contributed by atoms with Crippen LogP contribution < -0.4 is 0 Å². The van der Waals surface area contributed by atoms with E-state index in [0.29, 0.717) is 0 Å². The lowest BCUT2D eigenvalue weighted by Gasteiger charge is -2.18. The van der Waals surface area contributed by atoms with Gasteiger partial charge >= 0.3 is 12.1 Å². The Kier molecular flexibility index (Phi) is 4.57. The minimum Gasteiger partial charge on any atom is -0.480 e. The van der Waals surface area contributed by atoms with Gasteiger partial charge in [-0.3, -0.25) is 9.59 Å². The molecule has 1 N–H and O–H groups in total. The summed E-state index contributed by atoms with van der Waals surface area (Å²) in [6, 6.07) is 2.84. The van der Waals surface area contributed by atoms with Crippen molar-refractivity contribution in [2.75, 3.05) is 13.6 Å². The zero-order chi connectivity index (χ0) is 14.6. The molecule has 0 spiro atoms. The normalized spacial score (nSPS) is 11.4. The highest BCUT2D eigenvalue weighted by Crippen LogP contribution is 2.20. The number of carbonyl (C=O) groups excluding carboxylic acids is 1. The largest absolute Gasteiger partial charge is 0.480 e. The molecule has 0 saturated carbocycles. The SMILES string of the molecule is CN(CCC(F)(F)F)C(=O)c1cccn1CC(=O)O. The summed E-state index contributed by atoms with van der Waals surface area (Å²) < 4.78 is 37.3. The van der Waals surface area contributed by atoms with Crippen molar-refractivity contribution in [3.05, 3.63) is 24.0 Å². The first kappa shape index (κ1) is 15.1. The van der Waals surface area contributed by atoms with Crippen LogP contribution in [-0.2, 0) is 11.3 Å². The highest BCUT2D eigenvalue weighted by atomic mass is 19.4. The maximum atomic E-state index is 12.1. The molecule has 1 rings (SSSR count). The Labute approximate surface area is 107 Å². The van der Waals surface area contributed by atoms with Gasteiger partial charge in [-0.15, -0.1) is 0 Å². The molecule has 1 aromatic rings. The van der Waals surface area contributed by atoms with E-state index in [4.69, 9.17) is 5.11 Å². The molecule has 0 bridgehead atoms. The molecule has 0 aromatic carbocycles. The van der Waals surface area contributed by atoms with Crippen molar-refractivity contribution in [3.8, 4) is 0 Å². The summed E-state index contributed by atoms with van der Waals surface area (Å²) in [5.74, 6) is -1.78. The van der Waals surface area contributed by atoms with Crippen LogP contribution in [0.1, 0.15) is 16.9 Å². The van der Waals surface area contributed by atoms with Gasteiger partial charge in [-0.1, -0.05) is 0 Å². The van der Waals surface area contributed by atoms with Crippen LogP contribution in [-0.4, -0.2) is 46.2 Å². The molecule has 1 amide bonds. The highest BCUT2D eigenvalue weighted by Gasteiger charge is 2.28. The molecule has 0 atom stereocenters. The summed E-state index contributed by atoms with van der Waals surface area (Å²) >= 11 is 0. The molecule has 106 valence electrons. The molecule has 0 fully saturated rings. The van der Waals surface area contributed by atoms with Gasteiger partial charge in [0, 0.05) is 19.8 Å². The number of halogens is 3. The molecular formula is C11H13F3N2O3. The molecule has 0 aliphatic rings. The van der Waals surface area contributed by atoms with Crippen molar-refractivity contribution in [2.45, 2.75) is 19.1 Å². The van der Waals surface area contributed by atoms with Crippen molar-refractivity contribution in [1.29, 1.82) is 0 Å². The van der Waals surface area contributed by atoms with Gasteiger partial charge in [0.25, 0.3) is 5.91 Å². The topological polar surface area (TPSA) is 62.5 Å². The summed E-state index contributed by atoms with van der Waals surface area (Å²) in [4.78, 5) is 23.4. The number of rotatable bonds is 5. The molecule has 1 heterocycles. The maximum absolute atomic E-state index is 12.1. The number of carboxylic acid groups (broad SMARTS) is 1. The summed E-state index contributed by atoms with van der Waals surface area (Å²) in [5.41, 5.74) is 0.0482. The van der Waals surface area contributed by atoms with Gasteiger partial charge in [-0.2, -0.15) is 13.2 Å². The summed E-state index contributed by atoms with van der Waals surface area (Å²) in [6.45, 7) is -0.887. The number of aromatic nitrogens is 1. The van der Waals surface area contributed by atoms with Crippen LogP contribution in [0.4, 0.5) is 13.2 Å². The number of amides is 1. The molecule has 0 aliphatic carbocycles. The van der Waals surface area contributed by atoms with Crippen LogP contribution >= 0.6 is 0 Å². The molecule has 19 heavy (non-hydrogen) atoms. The van der Waals surface area contributed by atoms with Crippen LogP contribution in [0, 0.1) is 0 Å². The second-order valence-corrected chi connectivity index (χ2v) is 4.01. The lowest BCUT2D eigenvalue weighted by atomic mass is 10.3. The number of alkyl halides is 3. The molecule has 5 nitrogen and oxygen atoms in total. The van der Waals surface area contributed by atoms with Crippen molar-refractivity contribution in [3.63, 3.8) is 0 Å². The van der Waals surface area contributed by atoms with Crippen LogP contribution in [0.25, 0.3) is 0 Å². The van der Waals surface area contributed by atoms with E-state index in [9.17, 15) is 22.8 Å². The lowest BCUT2D eigenvalue weighted by Crippen LogP contribution is -2.32. The minimum absolute atomic E-state index is 0.0482. The Bertz CT molecular complexity index is 468. The first-order chi connectivity index (χ1) is 8.70. The third kappa shape index (κ3) is 4.65. The fourth-order valence-corrected chi connectivity index (χ4v) is 1.48. The number of carboxylic acids is 1. The molecule has 0 radical (unpaired) electrons. The van der Waals surface area contributed by atoms with Gasteiger partial charge in [-0.25, -0.2) is 0 Å². The van der Waals surface area contributed by atoms with E-state index >= 15 is 0 Å². The van der Waals surface area contributed by atoms with Crippen LogP contribution in [0.3, 0.4) is 0 Å². The van der Waals surface area contributed by atoms with Gasteiger partial charge in [0.15, 0.2) is 0 Å². The molecule has 0 saturated heterocycles. The molecule has 1 aromatic heterocycles. The van der Waals surface area contributed by atoms with E-state index in [1.807, 2.05) is 0 Å². The lowest BCUT2D eigenvalue weighted by molar-refractivity contribution is -0.138. The fraction of sp³-hybridized carbons (Fsp3) is 0.455. The van der Waals surface area contributed by atoms with Gasteiger partial charge in [0.05, 0.1) is 6.42 Å². The summed E-state index contributed by atoms with van der Waals surface area (Å²) in [7, 11) is 1.24. The van der Waals surface area contributed by atoms with E-state index in [1.165, 1.54) is 29.9 Å². The first-order valence-corrected chi connectivity index (χ1v) is 5.40. The second kappa shape index (κ2) is 5.77. The third-order valence-electron chi connectivity index (χ3n) is 2.43. The Morgan fingerprint density at radius 3 is 2.58 bits per heavy atom. The van der Waals surface area contributed by atoms with Crippen molar-refractivity contribution < 1.29 is 27.9 Å². The van der Waals surface area contributed by atoms with Gasteiger partial charge < -0.3 is 14.6 Å². The molecule has 8 heteroatoms. The van der Waals surface area contributed by atoms with Gasteiger partial charge in [0.2, 0.25) is 0 Å². The Morgan fingerprint density at radius 2 is 2.05 bits per heavy atom. The van der Waals surface area contributed by atoms with E-state index in [1.54, 1.807) is 0 Å². The maximum Gasteiger partial charge on any atom is 0.390 e. The number of carbonyl (C=O) groups is 2. The highest BCUT2D eigenvalue weighted by molar-refractivity contribution is 5.93. The minimum atomic E-state index is -4.34. The molecule has 0 unspecified atom stereocenters. The third-order valence-corrected chi connectivity index (χ3v) is 2.43. The zero-order valence-electron chi connectivity index (χ0n) is 10.1. The van der Waals surface area contributed by atoms with Gasteiger partial charge in [-0.05, 0) is 12.1 Å². The second-order valence-electron chi connectivity index (χ2n) is 4.01. The molecule has 0 aliphatic heterocycles. The monoisotopic (exact) mass is 278 g/mol. The number of nitrogens with zero attached hydrogens (tertiary/aromatic N) is 2. The van der Waals surface area contributed by atoms with E-state index < -0.39 is 37.6 Å². The van der Waals surface area contributed by atoms with Crippen LogP contribution in [0.2, 0.25) is 0 Å². The predicted octanol–water partition coefficient (Wildman–Crippen LogP) is 1.60. The Hall–Kier alpha value is -1.99. The summed E-state index contributed by atoms with van der Waals surface area (Å²) in [6.07, 6.45) is -4.05. The van der Waals surface area contributed by atoms with Crippen molar-refractivity contribution in [2.24, 2.45) is 0 Å². The molecular weight excluding hydrogens is 265 g/mol. The summed E-state index contributed by atoms with van der Waals surface area (Å²) in [5, 5.41) is 8.65. The number of aliphatic carboxylic acids is 1. The fourth-order valence-electron chi connectivity index (χ4n) is 1.48. The average molecular weight is 278 g/mol. The average Bonchev–Trinajstić information content (AvgIpc) is 2.71. The van der Waals surface area contributed by atoms with Crippen LogP contribution in [0.15, 0.2) is 18.3 Å². The first-order valence-electron chi connectivity index (χ1n) is 5.40. The van der Waals surface area contributed by atoms with Crippen molar-refractivity contribution in [1.82, 2.24) is 9.47 Å². The Balaban J connectivity index is 2.72.